The first-order valence-corrected chi connectivity index (χ1v) is 8.97. The van der Waals surface area contributed by atoms with Crippen LogP contribution in [-0.2, 0) is 0 Å². The van der Waals surface area contributed by atoms with Gasteiger partial charge in [-0.2, -0.15) is 0 Å². The molecule has 1 fully saturated rings. The number of aromatic nitrogens is 2. The fourth-order valence-electron chi connectivity index (χ4n) is 3.38. The van der Waals surface area contributed by atoms with E-state index >= 15 is 0 Å². The van der Waals surface area contributed by atoms with Gasteiger partial charge >= 0.3 is 0 Å². The Labute approximate surface area is 146 Å². The smallest absolute Gasteiger partial charge is 0.220 e. The van der Waals surface area contributed by atoms with Crippen molar-refractivity contribution in [3.8, 4) is 0 Å². The van der Waals surface area contributed by atoms with Gasteiger partial charge in [-0.3, -0.25) is 0 Å². The molecule has 2 aromatic rings. The molecule has 1 aromatic heterocycles. The van der Waals surface area contributed by atoms with E-state index in [1.165, 1.54) is 18.4 Å². The molecule has 0 aliphatic carbocycles. The van der Waals surface area contributed by atoms with Gasteiger partial charge in [0.05, 0.1) is 5.69 Å². The Morgan fingerprint density at radius 3 is 3.04 bits per heavy atom. The second-order valence-electron chi connectivity index (χ2n) is 6.39. The second kappa shape index (κ2) is 7.41. The molecule has 23 heavy (non-hydrogen) atoms. The minimum Gasteiger partial charge on any atom is -0.368 e. The summed E-state index contributed by atoms with van der Waals surface area (Å²) >= 11 is 3.56. The number of nitrogen functional groups attached to an aromatic ring is 1. The summed E-state index contributed by atoms with van der Waals surface area (Å²) in [6.07, 6.45) is 4.15. The van der Waals surface area contributed by atoms with Crippen molar-refractivity contribution in [2.75, 3.05) is 25.4 Å². The molecular formula is C18H23BrN4. The maximum atomic E-state index is 5.73. The first kappa shape index (κ1) is 16.4. The molecule has 0 amide bonds. The normalized spacial score (nSPS) is 20.3. The van der Waals surface area contributed by atoms with Crippen molar-refractivity contribution in [1.29, 1.82) is 0 Å². The van der Waals surface area contributed by atoms with E-state index in [4.69, 9.17) is 5.73 Å². The topological polar surface area (TPSA) is 55.0 Å². The van der Waals surface area contributed by atoms with E-state index in [-0.39, 0.29) is 0 Å². The summed E-state index contributed by atoms with van der Waals surface area (Å²) in [5.74, 6) is 1.35. The van der Waals surface area contributed by atoms with Crippen molar-refractivity contribution >= 4 is 21.9 Å². The van der Waals surface area contributed by atoms with Crippen LogP contribution in [0.2, 0.25) is 0 Å². The van der Waals surface area contributed by atoms with Crippen molar-refractivity contribution < 1.29 is 0 Å². The van der Waals surface area contributed by atoms with Crippen LogP contribution in [-0.4, -0.2) is 34.5 Å². The number of hydrogen-bond donors (Lipinski definition) is 1. The minimum atomic E-state index is 0.377. The lowest BCUT2D eigenvalue weighted by molar-refractivity contribution is 0.197. The Balaban J connectivity index is 1.64. The van der Waals surface area contributed by atoms with Crippen LogP contribution in [0.15, 0.2) is 41.0 Å². The molecule has 2 N–H and O–H groups in total. The van der Waals surface area contributed by atoms with Gasteiger partial charge in [-0.1, -0.05) is 35.0 Å². The maximum absolute atomic E-state index is 5.73. The summed E-state index contributed by atoms with van der Waals surface area (Å²) in [6, 6.07) is 10.6. The van der Waals surface area contributed by atoms with E-state index in [2.05, 4.69) is 62.0 Å². The number of piperidine rings is 1. The molecule has 2 atom stereocenters. The SMILES string of the molecule is C[C@H](CN1CCC[C@@H](c2ccnc(N)n2)C1)c1cccc(Br)c1. The van der Waals surface area contributed by atoms with Gasteiger partial charge in [0.15, 0.2) is 0 Å². The predicted octanol–water partition coefficient (Wildman–Crippen LogP) is 3.80. The Bertz CT molecular complexity index is 659. The fraction of sp³-hybridized carbons (Fsp3) is 0.444. The predicted molar refractivity (Wildman–Crippen MR) is 97.4 cm³/mol. The van der Waals surface area contributed by atoms with Gasteiger partial charge in [0, 0.05) is 29.7 Å². The van der Waals surface area contributed by atoms with E-state index in [0.717, 1.165) is 29.8 Å². The summed E-state index contributed by atoms with van der Waals surface area (Å²) in [4.78, 5) is 11.0. The number of anilines is 1. The Morgan fingerprint density at radius 1 is 1.39 bits per heavy atom. The molecule has 0 unspecified atom stereocenters. The summed E-state index contributed by atoms with van der Waals surface area (Å²) in [5, 5.41) is 0. The average Bonchev–Trinajstić information content (AvgIpc) is 2.55. The highest BCUT2D eigenvalue weighted by atomic mass is 79.9. The number of likely N-dealkylation sites (tertiary alicyclic amines) is 1. The van der Waals surface area contributed by atoms with Gasteiger partial charge in [0.2, 0.25) is 5.95 Å². The third-order valence-electron chi connectivity index (χ3n) is 4.57. The van der Waals surface area contributed by atoms with Crippen LogP contribution in [0.3, 0.4) is 0 Å². The van der Waals surface area contributed by atoms with Gasteiger partial charge in [-0.15, -0.1) is 0 Å². The lowest BCUT2D eigenvalue weighted by Gasteiger charge is -2.34. The van der Waals surface area contributed by atoms with Crippen molar-refractivity contribution in [1.82, 2.24) is 14.9 Å². The lowest BCUT2D eigenvalue weighted by atomic mass is 9.93. The highest BCUT2D eigenvalue weighted by Gasteiger charge is 2.24. The first-order valence-electron chi connectivity index (χ1n) is 8.18. The van der Waals surface area contributed by atoms with Gasteiger partial charge < -0.3 is 10.6 Å². The molecular weight excluding hydrogens is 352 g/mol. The van der Waals surface area contributed by atoms with Crippen LogP contribution < -0.4 is 5.73 Å². The molecule has 5 heteroatoms. The van der Waals surface area contributed by atoms with Gasteiger partial charge in [-0.25, -0.2) is 9.97 Å². The fourth-order valence-corrected chi connectivity index (χ4v) is 3.80. The zero-order valence-corrected chi connectivity index (χ0v) is 15.0. The molecule has 0 spiro atoms. The largest absolute Gasteiger partial charge is 0.368 e. The van der Waals surface area contributed by atoms with E-state index in [1.807, 2.05) is 6.07 Å². The van der Waals surface area contributed by atoms with Gasteiger partial charge in [0.1, 0.15) is 0 Å². The van der Waals surface area contributed by atoms with Crippen molar-refractivity contribution in [2.24, 2.45) is 0 Å². The van der Waals surface area contributed by atoms with Gasteiger partial charge in [0.25, 0.3) is 0 Å². The quantitative estimate of drug-likeness (QED) is 0.883. The average molecular weight is 375 g/mol. The highest BCUT2D eigenvalue weighted by molar-refractivity contribution is 9.10. The number of hydrogen-bond acceptors (Lipinski definition) is 4. The van der Waals surface area contributed by atoms with Crippen molar-refractivity contribution in [3.63, 3.8) is 0 Å². The Kier molecular flexibility index (Phi) is 5.28. The highest BCUT2D eigenvalue weighted by Crippen LogP contribution is 2.28. The zero-order valence-electron chi connectivity index (χ0n) is 13.5. The van der Waals surface area contributed by atoms with Crippen molar-refractivity contribution in [3.05, 3.63) is 52.3 Å². The lowest BCUT2D eigenvalue weighted by Crippen LogP contribution is -2.37. The van der Waals surface area contributed by atoms with Crippen molar-refractivity contribution in [2.45, 2.75) is 31.6 Å². The summed E-state index contributed by atoms with van der Waals surface area (Å²) in [5.41, 5.74) is 8.19. The molecule has 1 aromatic carbocycles. The molecule has 0 radical (unpaired) electrons. The Morgan fingerprint density at radius 2 is 2.26 bits per heavy atom. The van der Waals surface area contributed by atoms with E-state index in [9.17, 15) is 0 Å². The number of benzene rings is 1. The molecule has 0 saturated carbocycles. The van der Waals surface area contributed by atoms with Crippen LogP contribution in [0.25, 0.3) is 0 Å². The maximum Gasteiger partial charge on any atom is 0.220 e. The number of nitrogens with two attached hydrogens (primary N) is 1. The molecule has 4 nitrogen and oxygen atoms in total. The van der Waals surface area contributed by atoms with E-state index in [0.29, 0.717) is 17.8 Å². The zero-order chi connectivity index (χ0) is 16.2. The van der Waals surface area contributed by atoms with E-state index in [1.54, 1.807) is 6.20 Å². The molecule has 122 valence electrons. The van der Waals surface area contributed by atoms with Crippen LogP contribution >= 0.6 is 15.9 Å². The third kappa shape index (κ3) is 4.30. The second-order valence-corrected chi connectivity index (χ2v) is 7.31. The molecule has 1 saturated heterocycles. The van der Waals surface area contributed by atoms with Gasteiger partial charge in [-0.05, 0) is 49.1 Å². The molecule has 3 rings (SSSR count). The molecule has 1 aliphatic heterocycles. The van der Waals surface area contributed by atoms with E-state index < -0.39 is 0 Å². The summed E-state index contributed by atoms with van der Waals surface area (Å²) < 4.78 is 1.15. The standard InChI is InChI=1S/C18H23BrN4/c1-13(14-4-2-6-16(19)10-14)11-23-9-3-5-15(12-23)17-7-8-21-18(20)22-17/h2,4,6-8,10,13,15H,3,5,9,11-12H2,1H3,(H2,20,21,22)/t13-,15-/m1/s1. The molecule has 1 aliphatic rings. The first-order chi connectivity index (χ1) is 11.1. The van der Waals surface area contributed by atoms with Crippen LogP contribution in [0, 0.1) is 0 Å². The van der Waals surface area contributed by atoms with Crippen LogP contribution in [0.5, 0.6) is 0 Å². The minimum absolute atomic E-state index is 0.377. The summed E-state index contributed by atoms with van der Waals surface area (Å²) in [6.45, 7) is 5.59. The van der Waals surface area contributed by atoms with Crippen LogP contribution in [0.1, 0.15) is 42.9 Å². The van der Waals surface area contributed by atoms with Crippen LogP contribution in [0.4, 0.5) is 5.95 Å². The molecule has 2 heterocycles. The monoisotopic (exact) mass is 374 g/mol. The number of rotatable bonds is 4. The Hall–Kier alpha value is -1.46. The number of nitrogens with zero attached hydrogens (tertiary/aromatic N) is 3. The third-order valence-corrected chi connectivity index (χ3v) is 5.06. The summed E-state index contributed by atoms with van der Waals surface area (Å²) in [7, 11) is 0. The number of halogens is 1. The molecule has 0 bridgehead atoms.